The van der Waals surface area contributed by atoms with Gasteiger partial charge in [-0.15, -0.1) is 0 Å². The van der Waals surface area contributed by atoms with Gasteiger partial charge in [-0.05, 0) is 49.6 Å². The molecule has 0 aliphatic heterocycles. The summed E-state index contributed by atoms with van der Waals surface area (Å²) in [4.78, 5) is 4.16. The molecule has 0 atom stereocenters. The lowest BCUT2D eigenvalue weighted by molar-refractivity contribution is 0.287. The number of rotatable bonds is 4. The van der Waals surface area contributed by atoms with Gasteiger partial charge in [-0.3, -0.25) is 0 Å². The number of halogens is 1. The fourth-order valence-corrected chi connectivity index (χ4v) is 3.00. The van der Waals surface area contributed by atoms with Gasteiger partial charge in [0.2, 0.25) is 5.88 Å². The average molecular weight is 309 g/mol. The van der Waals surface area contributed by atoms with Crippen LogP contribution in [0.3, 0.4) is 0 Å². The van der Waals surface area contributed by atoms with E-state index >= 15 is 0 Å². The van der Waals surface area contributed by atoms with Gasteiger partial charge in [-0.25, -0.2) is 14.1 Å². The fourth-order valence-electron chi connectivity index (χ4n) is 3.00. The first kappa shape index (κ1) is 13.9. The van der Waals surface area contributed by atoms with Crippen LogP contribution in [-0.4, -0.2) is 14.8 Å². The van der Waals surface area contributed by atoms with Gasteiger partial charge in [0.05, 0.1) is 5.69 Å². The summed E-state index contributed by atoms with van der Waals surface area (Å²) in [6.07, 6.45) is 4.82. The molecule has 0 radical (unpaired) electrons. The van der Waals surface area contributed by atoms with E-state index in [4.69, 9.17) is 4.74 Å². The third kappa shape index (κ3) is 2.70. The zero-order chi connectivity index (χ0) is 15.6. The lowest BCUT2D eigenvalue weighted by Crippen LogP contribution is -2.03. The summed E-state index contributed by atoms with van der Waals surface area (Å²) in [7, 11) is 0. The highest BCUT2D eigenvalue weighted by atomic mass is 19.1. The molecule has 0 fully saturated rings. The highest BCUT2D eigenvalue weighted by Crippen LogP contribution is 2.28. The van der Waals surface area contributed by atoms with Crippen molar-refractivity contribution < 1.29 is 9.13 Å². The first-order valence-corrected chi connectivity index (χ1v) is 7.71. The molecule has 0 bridgehead atoms. The van der Waals surface area contributed by atoms with Crippen molar-refractivity contribution in [2.45, 2.75) is 25.9 Å². The van der Waals surface area contributed by atoms with E-state index in [0.29, 0.717) is 12.5 Å². The summed E-state index contributed by atoms with van der Waals surface area (Å²) >= 11 is 0. The van der Waals surface area contributed by atoms with Crippen molar-refractivity contribution in [3.63, 3.8) is 0 Å². The lowest BCUT2D eigenvalue weighted by Gasteiger charge is -2.05. The van der Waals surface area contributed by atoms with Gasteiger partial charge in [0.25, 0.3) is 0 Å². The van der Waals surface area contributed by atoms with Gasteiger partial charge in [0.1, 0.15) is 18.1 Å². The van der Waals surface area contributed by atoms with E-state index in [-0.39, 0.29) is 5.82 Å². The number of fused-ring (bicyclic) bond motifs is 1. The van der Waals surface area contributed by atoms with Crippen LogP contribution in [0.4, 0.5) is 4.39 Å². The van der Waals surface area contributed by atoms with Gasteiger partial charge in [0.15, 0.2) is 0 Å². The molecule has 1 aliphatic carbocycles. The van der Waals surface area contributed by atoms with Crippen molar-refractivity contribution in [2.75, 3.05) is 0 Å². The number of benzene rings is 1. The Morgan fingerprint density at radius 2 is 1.96 bits per heavy atom. The van der Waals surface area contributed by atoms with Crippen LogP contribution in [0.25, 0.3) is 5.69 Å². The van der Waals surface area contributed by atoms with Crippen molar-refractivity contribution in [1.29, 1.82) is 0 Å². The minimum Gasteiger partial charge on any atom is -0.471 e. The van der Waals surface area contributed by atoms with Crippen molar-refractivity contribution >= 4 is 0 Å². The second kappa shape index (κ2) is 5.83. The summed E-state index contributed by atoms with van der Waals surface area (Å²) in [6, 6.07) is 12.0. The second-order valence-electron chi connectivity index (χ2n) is 5.57. The Kier molecular flexibility index (Phi) is 3.54. The van der Waals surface area contributed by atoms with Crippen molar-refractivity contribution in [3.05, 3.63) is 71.4 Å². The maximum absolute atomic E-state index is 13.1. The number of hydrogen-bond acceptors (Lipinski definition) is 3. The SMILES string of the molecule is Fc1ccc(-n2nc(COc3ccccn3)c3c2CCC3)cc1. The quantitative estimate of drug-likeness (QED) is 0.741. The van der Waals surface area contributed by atoms with Crippen LogP contribution in [0, 0.1) is 5.82 Å². The van der Waals surface area contributed by atoms with Gasteiger partial charge in [-0.1, -0.05) is 6.07 Å². The van der Waals surface area contributed by atoms with E-state index < -0.39 is 0 Å². The molecule has 0 spiro atoms. The molecule has 2 aromatic heterocycles. The normalized spacial score (nSPS) is 13.1. The zero-order valence-electron chi connectivity index (χ0n) is 12.6. The maximum Gasteiger partial charge on any atom is 0.213 e. The Bertz CT molecular complexity index is 812. The van der Waals surface area contributed by atoms with E-state index in [1.807, 2.05) is 22.9 Å². The van der Waals surface area contributed by atoms with Crippen LogP contribution >= 0.6 is 0 Å². The molecular formula is C18H16FN3O. The van der Waals surface area contributed by atoms with Gasteiger partial charge in [-0.2, -0.15) is 5.10 Å². The van der Waals surface area contributed by atoms with Crippen molar-refractivity contribution in [1.82, 2.24) is 14.8 Å². The summed E-state index contributed by atoms with van der Waals surface area (Å²) in [6.45, 7) is 0.396. The van der Waals surface area contributed by atoms with Crippen LogP contribution in [0.5, 0.6) is 5.88 Å². The Morgan fingerprint density at radius 3 is 2.74 bits per heavy atom. The number of aromatic nitrogens is 3. The summed E-state index contributed by atoms with van der Waals surface area (Å²) in [5.41, 5.74) is 4.28. The fraction of sp³-hybridized carbons (Fsp3) is 0.222. The number of hydrogen-bond donors (Lipinski definition) is 0. The number of pyridine rings is 1. The van der Waals surface area contributed by atoms with Crippen molar-refractivity contribution in [2.24, 2.45) is 0 Å². The molecule has 4 rings (SSSR count). The molecule has 1 aromatic carbocycles. The molecule has 0 amide bonds. The van der Waals surface area contributed by atoms with E-state index in [1.165, 1.54) is 23.4 Å². The Labute approximate surface area is 133 Å². The molecule has 2 heterocycles. The van der Waals surface area contributed by atoms with E-state index in [1.54, 1.807) is 18.3 Å². The smallest absolute Gasteiger partial charge is 0.213 e. The molecule has 0 unspecified atom stereocenters. The Hall–Kier alpha value is -2.69. The average Bonchev–Trinajstić information content (AvgIpc) is 3.18. The molecule has 1 aliphatic rings. The van der Waals surface area contributed by atoms with Crippen LogP contribution in [0.2, 0.25) is 0 Å². The van der Waals surface area contributed by atoms with E-state index in [0.717, 1.165) is 30.6 Å². The van der Waals surface area contributed by atoms with Crippen LogP contribution in [0.1, 0.15) is 23.4 Å². The van der Waals surface area contributed by atoms with Crippen molar-refractivity contribution in [3.8, 4) is 11.6 Å². The zero-order valence-corrected chi connectivity index (χ0v) is 12.6. The summed E-state index contributed by atoms with van der Waals surface area (Å²) in [5, 5.41) is 4.69. The Balaban J connectivity index is 1.63. The topological polar surface area (TPSA) is 39.9 Å². The van der Waals surface area contributed by atoms with Gasteiger partial charge >= 0.3 is 0 Å². The molecule has 0 saturated carbocycles. The highest BCUT2D eigenvalue weighted by molar-refractivity contribution is 5.40. The maximum atomic E-state index is 13.1. The Morgan fingerprint density at radius 1 is 1.09 bits per heavy atom. The molecule has 4 nitrogen and oxygen atoms in total. The van der Waals surface area contributed by atoms with Crippen LogP contribution in [0.15, 0.2) is 48.7 Å². The number of nitrogens with zero attached hydrogens (tertiary/aromatic N) is 3. The molecule has 0 N–H and O–H groups in total. The summed E-state index contributed by atoms with van der Waals surface area (Å²) < 4.78 is 20.8. The third-order valence-electron chi connectivity index (χ3n) is 4.08. The monoisotopic (exact) mass is 309 g/mol. The van der Waals surface area contributed by atoms with Crippen LogP contribution in [-0.2, 0) is 19.4 Å². The third-order valence-corrected chi connectivity index (χ3v) is 4.08. The minimum absolute atomic E-state index is 0.240. The van der Waals surface area contributed by atoms with Gasteiger partial charge in [0, 0.05) is 23.5 Å². The minimum atomic E-state index is -0.240. The summed E-state index contributed by atoms with van der Waals surface area (Å²) in [5.74, 6) is 0.354. The predicted molar refractivity (Wildman–Crippen MR) is 84.1 cm³/mol. The van der Waals surface area contributed by atoms with Crippen LogP contribution < -0.4 is 4.74 Å². The predicted octanol–water partition coefficient (Wildman–Crippen LogP) is 3.47. The molecule has 0 saturated heterocycles. The molecular weight excluding hydrogens is 293 g/mol. The van der Waals surface area contributed by atoms with Gasteiger partial charge < -0.3 is 4.74 Å². The highest BCUT2D eigenvalue weighted by Gasteiger charge is 2.23. The first-order valence-electron chi connectivity index (χ1n) is 7.71. The second-order valence-corrected chi connectivity index (χ2v) is 5.57. The van der Waals surface area contributed by atoms with E-state index in [9.17, 15) is 4.39 Å². The molecule has 3 aromatic rings. The molecule has 116 valence electrons. The largest absolute Gasteiger partial charge is 0.471 e. The first-order chi connectivity index (χ1) is 11.3. The standard InChI is InChI=1S/C18H16FN3O/c19-13-7-9-14(10-8-13)22-17-5-3-4-15(17)16(21-22)12-23-18-6-1-2-11-20-18/h1-2,6-11H,3-5,12H2. The lowest BCUT2D eigenvalue weighted by atomic mass is 10.2. The molecule has 5 heteroatoms. The molecule has 23 heavy (non-hydrogen) atoms. The number of ether oxygens (including phenoxy) is 1. The van der Waals surface area contributed by atoms with E-state index in [2.05, 4.69) is 10.1 Å².